The smallest absolute Gasteiger partial charge is 0.248 e. The average molecular weight is 357 g/mol. The molecule has 0 saturated carbocycles. The number of hydrogen-bond acceptors (Lipinski definition) is 6. The Bertz CT molecular complexity index is 391. The van der Waals surface area contributed by atoms with Crippen molar-refractivity contribution in [3.8, 4) is 0 Å². The van der Waals surface area contributed by atoms with E-state index < -0.39 is 0 Å². The number of nitrogens with zero attached hydrogens (tertiary/aromatic N) is 1. The lowest BCUT2D eigenvalue weighted by atomic mass is 10.1. The van der Waals surface area contributed by atoms with Crippen LogP contribution in [-0.2, 0) is 28.5 Å². The second-order valence-corrected chi connectivity index (χ2v) is 7.00. The average Bonchev–Trinajstić information content (AvgIpc) is 3.47. The first-order valence-corrected chi connectivity index (χ1v) is 9.63. The SMILES string of the molecule is O=C(COCC(COCC1CO1)OC1CCCCO1)N1CCCCC1. The summed E-state index contributed by atoms with van der Waals surface area (Å²) in [4.78, 5) is 14.1. The van der Waals surface area contributed by atoms with Crippen LogP contribution in [0.4, 0.5) is 0 Å². The normalized spacial score (nSPS) is 27.9. The van der Waals surface area contributed by atoms with Gasteiger partial charge in [-0.15, -0.1) is 0 Å². The molecule has 0 aromatic carbocycles. The van der Waals surface area contributed by atoms with Crippen molar-refractivity contribution < 1.29 is 28.5 Å². The van der Waals surface area contributed by atoms with Crippen molar-refractivity contribution in [2.24, 2.45) is 0 Å². The molecule has 0 aromatic rings. The van der Waals surface area contributed by atoms with Gasteiger partial charge in [-0.25, -0.2) is 0 Å². The van der Waals surface area contributed by atoms with Crippen LogP contribution in [0.15, 0.2) is 0 Å². The van der Waals surface area contributed by atoms with Crippen molar-refractivity contribution in [1.29, 1.82) is 0 Å². The number of rotatable bonds is 10. The van der Waals surface area contributed by atoms with Gasteiger partial charge in [0, 0.05) is 19.7 Å². The number of likely N-dealkylation sites (tertiary alicyclic amines) is 1. The van der Waals surface area contributed by atoms with Gasteiger partial charge < -0.3 is 28.6 Å². The van der Waals surface area contributed by atoms with Gasteiger partial charge in [-0.05, 0) is 38.5 Å². The van der Waals surface area contributed by atoms with E-state index in [1.165, 1.54) is 6.42 Å². The monoisotopic (exact) mass is 357 g/mol. The van der Waals surface area contributed by atoms with Gasteiger partial charge in [0.1, 0.15) is 18.8 Å². The molecule has 0 N–H and O–H groups in total. The lowest BCUT2D eigenvalue weighted by molar-refractivity contribution is -0.208. The number of piperidine rings is 1. The number of epoxide rings is 1. The third kappa shape index (κ3) is 7.19. The molecule has 25 heavy (non-hydrogen) atoms. The fraction of sp³-hybridized carbons (Fsp3) is 0.944. The Morgan fingerprint density at radius 3 is 2.56 bits per heavy atom. The molecular formula is C18H31NO6. The standard InChI is InChI=1S/C18H31NO6/c20-17(19-7-3-1-4-8-19)14-22-12-16(11-21-10-15-13-24-15)25-18-6-2-5-9-23-18/h15-16,18H,1-14H2. The summed E-state index contributed by atoms with van der Waals surface area (Å²) in [6.45, 7) is 4.67. The largest absolute Gasteiger partial charge is 0.376 e. The summed E-state index contributed by atoms with van der Waals surface area (Å²) in [6.07, 6.45) is 6.30. The Balaban J connectivity index is 1.36. The minimum absolute atomic E-state index is 0.0691. The lowest BCUT2D eigenvalue weighted by Crippen LogP contribution is -2.39. The van der Waals surface area contributed by atoms with Gasteiger partial charge in [-0.3, -0.25) is 4.79 Å². The van der Waals surface area contributed by atoms with Crippen LogP contribution in [-0.4, -0.2) is 82.0 Å². The van der Waals surface area contributed by atoms with Crippen LogP contribution in [0, 0.1) is 0 Å². The lowest BCUT2D eigenvalue weighted by Gasteiger charge is -2.28. The predicted octanol–water partition coefficient (Wildman–Crippen LogP) is 1.34. The third-order valence-corrected chi connectivity index (χ3v) is 4.73. The van der Waals surface area contributed by atoms with Crippen LogP contribution in [0.2, 0.25) is 0 Å². The number of amides is 1. The van der Waals surface area contributed by atoms with Gasteiger partial charge in [0.15, 0.2) is 6.29 Å². The van der Waals surface area contributed by atoms with Gasteiger partial charge in [0.25, 0.3) is 0 Å². The van der Waals surface area contributed by atoms with E-state index in [4.69, 9.17) is 23.7 Å². The Hall–Kier alpha value is -0.730. The zero-order valence-electron chi connectivity index (χ0n) is 15.0. The van der Waals surface area contributed by atoms with E-state index in [1.54, 1.807) is 0 Å². The highest BCUT2D eigenvalue weighted by atomic mass is 16.7. The van der Waals surface area contributed by atoms with Crippen LogP contribution in [0.5, 0.6) is 0 Å². The molecular weight excluding hydrogens is 326 g/mol. The highest BCUT2D eigenvalue weighted by Crippen LogP contribution is 2.17. The topological polar surface area (TPSA) is 69.8 Å². The van der Waals surface area contributed by atoms with Crippen molar-refractivity contribution in [1.82, 2.24) is 4.90 Å². The number of carbonyl (C=O) groups is 1. The Kier molecular flexibility index (Phi) is 7.94. The molecule has 3 heterocycles. The maximum absolute atomic E-state index is 12.2. The van der Waals surface area contributed by atoms with Gasteiger partial charge in [0.05, 0.1) is 26.4 Å². The quantitative estimate of drug-likeness (QED) is 0.550. The number of carbonyl (C=O) groups excluding carboxylic acids is 1. The van der Waals surface area contributed by atoms with Crippen molar-refractivity contribution in [2.75, 3.05) is 52.7 Å². The predicted molar refractivity (Wildman–Crippen MR) is 90.3 cm³/mol. The van der Waals surface area contributed by atoms with E-state index in [2.05, 4.69) is 0 Å². The van der Waals surface area contributed by atoms with Crippen molar-refractivity contribution in [2.45, 2.75) is 57.0 Å². The first-order valence-electron chi connectivity index (χ1n) is 9.63. The molecule has 3 aliphatic rings. The fourth-order valence-corrected chi connectivity index (χ4v) is 3.17. The molecule has 1 amide bonds. The van der Waals surface area contributed by atoms with Crippen LogP contribution in [0.1, 0.15) is 38.5 Å². The maximum atomic E-state index is 12.2. The molecule has 3 fully saturated rings. The first kappa shape index (κ1) is 19.0. The highest BCUT2D eigenvalue weighted by molar-refractivity contribution is 5.77. The molecule has 3 atom stereocenters. The summed E-state index contributed by atoms with van der Waals surface area (Å²) in [5.41, 5.74) is 0. The van der Waals surface area contributed by atoms with Crippen LogP contribution >= 0.6 is 0 Å². The molecule has 0 spiro atoms. The molecule has 3 saturated heterocycles. The van der Waals surface area contributed by atoms with Gasteiger partial charge in [-0.1, -0.05) is 0 Å². The van der Waals surface area contributed by atoms with E-state index in [9.17, 15) is 4.79 Å². The molecule has 0 aromatic heterocycles. The molecule has 3 aliphatic heterocycles. The van der Waals surface area contributed by atoms with Crippen LogP contribution < -0.4 is 0 Å². The minimum Gasteiger partial charge on any atom is -0.376 e. The van der Waals surface area contributed by atoms with Crippen molar-refractivity contribution >= 4 is 5.91 Å². The Labute approximate surface area is 149 Å². The van der Waals surface area contributed by atoms with Gasteiger partial charge in [-0.2, -0.15) is 0 Å². The fourth-order valence-electron chi connectivity index (χ4n) is 3.17. The summed E-state index contributed by atoms with van der Waals surface area (Å²) in [7, 11) is 0. The zero-order valence-corrected chi connectivity index (χ0v) is 15.0. The molecule has 3 rings (SSSR count). The van der Waals surface area contributed by atoms with E-state index >= 15 is 0 Å². The molecule has 0 aliphatic carbocycles. The maximum Gasteiger partial charge on any atom is 0.248 e. The van der Waals surface area contributed by atoms with Crippen molar-refractivity contribution in [3.63, 3.8) is 0 Å². The molecule has 0 radical (unpaired) electrons. The second kappa shape index (κ2) is 10.4. The molecule has 3 unspecified atom stereocenters. The van der Waals surface area contributed by atoms with E-state index in [-0.39, 0.29) is 31.0 Å². The Morgan fingerprint density at radius 2 is 1.84 bits per heavy atom. The highest BCUT2D eigenvalue weighted by Gasteiger charge is 2.25. The first-order chi connectivity index (χ1) is 12.3. The van der Waals surface area contributed by atoms with Gasteiger partial charge in [0.2, 0.25) is 5.91 Å². The van der Waals surface area contributed by atoms with Crippen LogP contribution in [0.3, 0.4) is 0 Å². The van der Waals surface area contributed by atoms with Crippen molar-refractivity contribution in [3.05, 3.63) is 0 Å². The summed E-state index contributed by atoms with van der Waals surface area (Å²) < 4.78 is 28.1. The summed E-state index contributed by atoms with van der Waals surface area (Å²) in [5.74, 6) is 0.0691. The van der Waals surface area contributed by atoms with Gasteiger partial charge >= 0.3 is 0 Å². The van der Waals surface area contributed by atoms with E-state index in [1.807, 2.05) is 4.90 Å². The second-order valence-electron chi connectivity index (χ2n) is 7.00. The molecule has 7 nitrogen and oxygen atoms in total. The van der Waals surface area contributed by atoms with E-state index in [0.29, 0.717) is 19.8 Å². The number of ether oxygens (including phenoxy) is 5. The number of hydrogen-bond donors (Lipinski definition) is 0. The molecule has 7 heteroatoms. The zero-order chi connectivity index (χ0) is 17.3. The molecule has 0 bridgehead atoms. The minimum atomic E-state index is -0.226. The van der Waals surface area contributed by atoms with E-state index in [0.717, 1.165) is 58.4 Å². The third-order valence-electron chi connectivity index (χ3n) is 4.73. The Morgan fingerprint density at radius 1 is 1.04 bits per heavy atom. The summed E-state index contributed by atoms with van der Waals surface area (Å²) >= 11 is 0. The van der Waals surface area contributed by atoms with Crippen LogP contribution in [0.25, 0.3) is 0 Å². The molecule has 144 valence electrons. The summed E-state index contributed by atoms with van der Waals surface area (Å²) in [6, 6.07) is 0. The summed E-state index contributed by atoms with van der Waals surface area (Å²) in [5, 5.41) is 0.